The second-order valence-electron chi connectivity index (χ2n) is 3.95. The number of hydrogen-bond acceptors (Lipinski definition) is 5. The van der Waals surface area contributed by atoms with E-state index in [1.807, 2.05) is 11.6 Å². The zero-order valence-corrected chi connectivity index (χ0v) is 10.2. The van der Waals surface area contributed by atoms with E-state index in [1.165, 1.54) is 0 Å². The molecule has 0 aliphatic rings. The quantitative estimate of drug-likeness (QED) is 0.853. The highest BCUT2D eigenvalue weighted by Crippen LogP contribution is 2.24. The number of nitrogens with zero attached hydrogens (tertiary/aromatic N) is 4. The molecular weight excluding hydrogens is 210 g/mol. The fraction of sp³-hybridized carbons (Fsp3) is 0.667. The van der Waals surface area contributed by atoms with Crippen molar-refractivity contribution in [2.75, 3.05) is 7.05 Å². The van der Waals surface area contributed by atoms with E-state index in [0.717, 1.165) is 22.2 Å². The van der Waals surface area contributed by atoms with Crippen LogP contribution < -0.4 is 5.32 Å². The smallest absolute Gasteiger partial charge is 0.234 e. The van der Waals surface area contributed by atoms with Gasteiger partial charge < -0.3 is 5.32 Å². The van der Waals surface area contributed by atoms with Crippen molar-refractivity contribution in [2.45, 2.75) is 32.7 Å². The molecule has 0 fully saturated rings. The molecule has 0 saturated heterocycles. The largest absolute Gasteiger partial charge is 0.309 e. The van der Waals surface area contributed by atoms with Crippen molar-refractivity contribution in [1.82, 2.24) is 25.1 Å². The van der Waals surface area contributed by atoms with E-state index in [1.54, 1.807) is 11.3 Å². The minimum absolute atomic E-state index is 0.115. The van der Waals surface area contributed by atoms with Gasteiger partial charge in [0.2, 0.25) is 4.96 Å². The van der Waals surface area contributed by atoms with Crippen LogP contribution in [0.1, 0.15) is 31.6 Å². The van der Waals surface area contributed by atoms with Crippen molar-refractivity contribution in [2.24, 2.45) is 0 Å². The summed E-state index contributed by atoms with van der Waals surface area (Å²) >= 11 is 1.58. The normalized spacial score (nSPS) is 12.5. The minimum atomic E-state index is -0.115. The molecule has 6 heteroatoms. The molecule has 2 heterocycles. The number of nitrogens with one attached hydrogen (secondary N) is 1. The van der Waals surface area contributed by atoms with Crippen molar-refractivity contribution in [3.05, 3.63) is 10.8 Å². The lowest BCUT2D eigenvalue weighted by atomic mass is 10.1. The Balaban J connectivity index is 2.52. The molecule has 0 bridgehead atoms. The maximum Gasteiger partial charge on any atom is 0.234 e. The van der Waals surface area contributed by atoms with E-state index in [9.17, 15) is 0 Å². The maximum atomic E-state index is 4.53. The molecule has 0 aliphatic heterocycles. The fourth-order valence-electron chi connectivity index (χ4n) is 1.24. The van der Waals surface area contributed by atoms with Crippen LogP contribution in [-0.4, -0.2) is 26.9 Å². The van der Waals surface area contributed by atoms with Crippen LogP contribution in [0, 0.1) is 0 Å². The van der Waals surface area contributed by atoms with E-state index >= 15 is 0 Å². The molecule has 0 unspecified atom stereocenters. The zero-order chi connectivity index (χ0) is 11.1. The Kier molecular flexibility index (Phi) is 2.47. The van der Waals surface area contributed by atoms with Crippen LogP contribution in [0.25, 0.3) is 4.96 Å². The number of hydrogen-bond donors (Lipinski definition) is 1. The van der Waals surface area contributed by atoms with Crippen molar-refractivity contribution in [3.63, 3.8) is 0 Å². The lowest BCUT2D eigenvalue weighted by Crippen LogP contribution is -2.33. The van der Waals surface area contributed by atoms with Crippen LogP contribution >= 0.6 is 11.3 Å². The van der Waals surface area contributed by atoms with Crippen LogP contribution in [-0.2, 0) is 12.0 Å². The molecule has 5 nitrogen and oxygen atoms in total. The average molecular weight is 225 g/mol. The Morgan fingerprint density at radius 2 is 2.13 bits per heavy atom. The Morgan fingerprint density at radius 1 is 1.40 bits per heavy atom. The van der Waals surface area contributed by atoms with Gasteiger partial charge in [-0.15, -0.1) is 10.2 Å². The average Bonchev–Trinajstić information content (AvgIpc) is 2.76. The predicted octanol–water partition coefficient (Wildman–Crippen LogP) is 1.20. The van der Waals surface area contributed by atoms with Gasteiger partial charge in [-0.1, -0.05) is 18.3 Å². The van der Waals surface area contributed by atoms with E-state index in [-0.39, 0.29) is 5.54 Å². The molecule has 2 aromatic rings. The first kappa shape index (κ1) is 10.5. The van der Waals surface area contributed by atoms with Gasteiger partial charge in [0.1, 0.15) is 5.01 Å². The van der Waals surface area contributed by atoms with Crippen molar-refractivity contribution < 1.29 is 0 Å². The summed E-state index contributed by atoms with van der Waals surface area (Å²) in [6.07, 6.45) is 0.852. The molecule has 15 heavy (non-hydrogen) atoms. The van der Waals surface area contributed by atoms with E-state index < -0.39 is 0 Å². The molecule has 82 valence electrons. The van der Waals surface area contributed by atoms with Gasteiger partial charge in [0, 0.05) is 6.42 Å². The van der Waals surface area contributed by atoms with Gasteiger partial charge >= 0.3 is 0 Å². The summed E-state index contributed by atoms with van der Waals surface area (Å²) in [5.74, 6) is 0.916. The van der Waals surface area contributed by atoms with Gasteiger partial charge in [0.25, 0.3) is 0 Å². The molecule has 0 spiro atoms. The standard InChI is InChI=1S/C9H15N5S/c1-5-6-11-12-8-14(6)13-7(15-8)9(2,3)10-4/h10H,5H2,1-4H3. The zero-order valence-electron chi connectivity index (χ0n) is 9.40. The van der Waals surface area contributed by atoms with Crippen LogP contribution in [0.15, 0.2) is 0 Å². The van der Waals surface area contributed by atoms with Crippen molar-refractivity contribution in [3.8, 4) is 0 Å². The highest BCUT2D eigenvalue weighted by molar-refractivity contribution is 7.16. The summed E-state index contributed by atoms with van der Waals surface area (Å²) in [6, 6.07) is 0. The molecule has 2 aromatic heterocycles. The summed E-state index contributed by atoms with van der Waals surface area (Å²) in [5.41, 5.74) is -0.115. The number of fused-ring (bicyclic) bond motifs is 1. The van der Waals surface area contributed by atoms with E-state index in [0.29, 0.717) is 0 Å². The Labute approximate surface area is 92.5 Å². The van der Waals surface area contributed by atoms with Crippen molar-refractivity contribution >= 4 is 16.3 Å². The number of rotatable bonds is 3. The molecule has 0 saturated carbocycles. The van der Waals surface area contributed by atoms with Gasteiger partial charge in [-0.05, 0) is 20.9 Å². The molecular formula is C9H15N5S. The summed E-state index contributed by atoms with van der Waals surface area (Å²) in [5, 5.41) is 17.0. The Bertz CT molecular complexity index is 470. The van der Waals surface area contributed by atoms with Gasteiger partial charge in [0.05, 0.1) is 5.54 Å². The third-order valence-electron chi connectivity index (χ3n) is 2.53. The molecule has 0 aliphatic carbocycles. The number of aromatic nitrogens is 4. The summed E-state index contributed by atoms with van der Waals surface area (Å²) < 4.78 is 1.83. The molecule has 0 radical (unpaired) electrons. The summed E-state index contributed by atoms with van der Waals surface area (Å²) in [4.78, 5) is 0.866. The first-order valence-corrected chi connectivity index (χ1v) is 5.80. The van der Waals surface area contributed by atoms with Gasteiger partial charge in [-0.3, -0.25) is 0 Å². The Morgan fingerprint density at radius 3 is 2.73 bits per heavy atom. The Hall–Kier alpha value is -1.01. The molecule has 0 aromatic carbocycles. The van der Waals surface area contributed by atoms with E-state index in [2.05, 4.69) is 41.4 Å². The SMILES string of the molecule is CCc1nnc2sc(C(C)(C)NC)nn12. The predicted molar refractivity (Wildman–Crippen MR) is 60.1 cm³/mol. The first-order valence-electron chi connectivity index (χ1n) is 4.99. The summed E-state index contributed by atoms with van der Waals surface area (Å²) in [7, 11) is 1.93. The second kappa shape index (κ2) is 3.53. The molecule has 2 rings (SSSR count). The highest BCUT2D eigenvalue weighted by Gasteiger charge is 2.24. The van der Waals surface area contributed by atoms with E-state index in [4.69, 9.17) is 0 Å². The molecule has 1 N–H and O–H groups in total. The van der Waals surface area contributed by atoms with Crippen LogP contribution in [0.5, 0.6) is 0 Å². The fourth-order valence-corrected chi connectivity index (χ4v) is 2.20. The van der Waals surface area contributed by atoms with Crippen LogP contribution in [0.2, 0.25) is 0 Å². The van der Waals surface area contributed by atoms with Crippen LogP contribution in [0.3, 0.4) is 0 Å². The molecule has 0 amide bonds. The maximum absolute atomic E-state index is 4.53. The van der Waals surface area contributed by atoms with Gasteiger partial charge in [0.15, 0.2) is 5.82 Å². The lowest BCUT2D eigenvalue weighted by Gasteiger charge is -2.19. The lowest BCUT2D eigenvalue weighted by molar-refractivity contribution is 0.436. The first-order chi connectivity index (χ1) is 7.08. The topological polar surface area (TPSA) is 55.1 Å². The summed E-state index contributed by atoms with van der Waals surface area (Å²) in [6.45, 7) is 6.26. The van der Waals surface area contributed by atoms with Gasteiger partial charge in [-0.25, -0.2) is 0 Å². The van der Waals surface area contributed by atoms with Crippen LogP contribution in [0.4, 0.5) is 0 Å². The highest BCUT2D eigenvalue weighted by atomic mass is 32.1. The van der Waals surface area contributed by atoms with Gasteiger partial charge in [-0.2, -0.15) is 9.61 Å². The monoisotopic (exact) mass is 225 g/mol. The number of aryl methyl sites for hydroxylation is 1. The molecule has 0 atom stereocenters. The third-order valence-corrected chi connectivity index (χ3v) is 3.75. The van der Waals surface area contributed by atoms with Crippen molar-refractivity contribution in [1.29, 1.82) is 0 Å². The minimum Gasteiger partial charge on any atom is -0.309 e. The third kappa shape index (κ3) is 1.63. The second-order valence-corrected chi connectivity index (χ2v) is 4.90.